The molecule has 0 bridgehead atoms. The Morgan fingerprint density at radius 2 is 2.18 bits per heavy atom. The third-order valence-electron chi connectivity index (χ3n) is 1.88. The predicted octanol–water partition coefficient (Wildman–Crippen LogP) is 1.34. The molecule has 0 unspecified atom stereocenters. The van der Waals surface area contributed by atoms with Crippen molar-refractivity contribution in [2.24, 2.45) is 0 Å². The molecule has 1 aromatic rings. The molecule has 92 valence electrons. The summed E-state index contributed by atoms with van der Waals surface area (Å²) in [6, 6.07) is 5.46. The molecule has 0 heterocycles. The minimum Gasteiger partial charge on any atom is -0.483 e. The van der Waals surface area contributed by atoms with Crippen molar-refractivity contribution < 1.29 is 19.4 Å². The SMILES string of the molecule is Cc1ccc(OCC(=O)NCC(=O)O)c(Br)c1. The number of benzene rings is 1. The van der Waals surface area contributed by atoms with E-state index < -0.39 is 18.4 Å². The molecular weight excluding hydrogens is 290 g/mol. The van der Waals surface area contributed by atoms with Crippen molar-refractivity contribution in [3.05, 3.63) is 28.2 Å². The van der Waals surface area contributed by atoms with E-state index in [9.17, 15) is 9.59 Å². The minimum absolute atomic E-state index is 0.213. The van der Waals surface area contributed by atoms with Crippen LogP contribution in [0.25, 0.3) is 0 Å². The largest absolute Gasteiger partial charge is 0.483 e. The number of amides is 1. The van der Waals surface area contributed by atoms with Crippen molar-refractivity contribution in [3.63, 3.8) is 0 Å². The number of aryl methyl sites for hydroxylation is 1. The Labute approximate surface area is 107 Å². The van der Waals surface area contributed by atoms with Crippen molar-refractivity contribution in [1.82, 2.24) is 5.32 Å². The summed E-state index contributed by atoms with van der Waals surface area (Å²) in [5.41, 5.74) is 1.07. The number of rotatable bonds is 5. The van der Waals surface area contributed by atoms with E-state index in [-0.39, 0.29) is 6.61 Å². The Balaban J connectivity index is 2.44. The number of aliphatic carboxylic acids is 1. The molecule has 0 saturated carbocycles. The van der Waals surface area contributed by atoms with Crippen molar-refractivity contribution in [2.75, 3.05) is 13.2 Å². The molecule has 0 aromatic heterocycles. The summed E-state index contributed by atoms with van der Waals surface area (Å²) >= 11 is 3.31. The van der Waals surface area contributed by atoms with Gasteiger partial charge >= 0.3 is 5.97 Å². The highest BCUT2D eigenvalue weighted by atomic mass is 79.9. The number of halogens is 1. The molecule has 0 aliphatic carbocycles. The van der Waals surface area contributed by atoms with E-state index in [1.807, 2.05) is 19.1 Å². The van der Waals surface area contributed by atoms with Gasteiger partial charge in [-0.2, -0.15) is 0 Å². The highest BCUT2D eigenvalue weighted by Crippen LogP contribution is 2.25. The number of ether oxygens (including phenoxy) is 1. The first kappa shape index (κ1) is 13.5. The van der Waals surface area contributed by atoms with E-state index in [1.54, 1.807) is 6.07 Å². The zero-order chi connectivity index (χ0) is 12.8. The van der Waals surface area contributed by atoms with Crippen LogP contribution in [0.3, 0.4) is 0 Å². The summed E-state index contributed by atoms with van der Waals surface area (Å²) < 4.78 is 5.99. The van der Waals surface area contributed by atoms with Crippen molar-refractivity contribution in [1.29, 1.82) is 0 Å². The molecule has 0 radical (unpaired) electrons. The van der Waals surface area contributed by atoms with Gasteiger partial charge in [-0.15, -0.1) is 0 Å². The van der Waals surface area contributed by atoms with E-state index in [1.165, 1.54) is 0 Å². The molecule has 0 aliphatic rings. The molecule has 0 saturated heterocycles. The van der Waals surface area contributed by atoms with Gasteiger partial charge < -0.3 is 15.2 Å². The number of carbonyl (C=O) groups excluding carboxylic acids is 1. The lowest BCUT2D eigenvalue weighted by molar-refractivity contribution is -0.138. The zero-order valence-corrected chi connectivity index (χ0v) is 10.8. The molecule has 0 spiro atoms. The molecule has 6 heteroatoms. The summed E-state index contributed by atoms with van der Waals surface area (Å²) in [6.07, 6.45) is 0. The normalized spacial score (nSPS) is 9.76. The van der Waals surface area contributed by atoms with Crippen LogP contribution in [-0.4, -0.2) is 30.1 Å². The van der Waals surface area contributed by atoms with Crippen LogP contribution in [0.5, 0.6) is 5.75 Å². The number of hydrogen-bond donors (Lipinski definition) is 2. The third-order valence-corrected chi connectivity index (χ3v) is 2.50. The van der Waals surface area contributed by atoms with Gasteiger partial charge in [-0.3, -0.25) is 9.59 Å². The van der Waals surface area contributed by atoms with Crippen LogP contribution in [0.4, 0.5) is 0 Å². The second kappa shape index (κ2) is 6.24. The van der Waals surface area contributed by atoms with Gasteiger partial charge in [-0.25, -0.2) is 0 Å². The molecule has 17 heavy (non-hydrogen) atoms. The number of carbonyl (C=O) groups is 2. The number of carboxylic acid groups (broad SMARTS) is 1. The Bertz CT molecular complexity index is 433. The monoisotopic (exact) mass is 301 g/mol. The molecule has 2 N–H and O–H groups in total. The summed E-state index contributed by atoms with van der Waals surface area (Å²) in [4.78, 5) is 21.4. The van der Waals surface area contributed by atoms with Gasteiger partial charge in [0.15, 0.2) is 6.61 Å². The summed E-state index contributed by atoms with van der Waals surface area (Å²) in [5, 5.41) is 10.6. The molecule has 1 amide bonds. The molecule has 1 aromatic carbocycles. The zero-order valence-electron chi connectivity index (χ0n) is 9.20. The van der Waals surface area contributed by atoms with Gasteiger partial charge in [0.1, 0.15) is 12.3 Å². The van der Waals surface area contributed by atoms with Gasteiger partial charge in [0, 0.05) is 0 Å². The van der Waals surface area contributed by atoms with Crippen LogP contribution >= 0.6 is 15.9 Å². The van der Waals surface area contributed by atoms with Crippen LogP contribution in [0.15, 0.2) is 22.7 Å². The van der Waals surface area contributed by atoms with Gasteiger partial charge in [0.05, 0.1) is 4.47 Å². The average molecular weight is 302 g/mol. The standard InChI is InChI=1S/C11H12BrNO4/c1-7-2-3-9(8(12)4-7)17-6-10(14)13-5-11(15)16/h2-4H,5-6H2,1H3,(H,13,14)(H,15,16). The fourth-order valence-corrected chi connectivity index (χ4v) is 1.70. The van der Waals surface area contributed by atoms with Gasteiger partial charge in [0.25, 0.3) is 5.91 Å². The topological polar surface area (TPSA) is 75.6 Å². The van der Waals surface area contributed by atoms with E-state index in [2.05, 4.69) is 21.2 Å². The smallest absolute Gasteiger partial charge is 0.322 e. The first-order chi connectivity index (χ1) is 7.99. The van der Waals surface area contributed by atoms with Crippen molar-refractivity contribution in [3.8, 4) is 5.75 Å². The summed E-state index contributed by atoms with van der Waals surface area (Å²) in [7, 11) is 0. The van der Waals surface area contributed by atoms with Gasteiger partial charge in [-0.05, 0) is 40.5 Å². The molecular formula is C11H12BrNO4. The maximum atomic E-state index is 11.2. The number of nitrogens with one attached hydrogen (secondary N) is 1. The van der Waals surface area contributed by atoms with E-state index in [0.717, 1.165) is 10.0 Å². The van der Waals surface area contributed by atoms with Crippen LogP contribution < -0.4 is 10.1 Å². The second-order valence-corrected chi connectivity index (χ2v) is 4.25. The highest BCUT2D eigenvalue weighted by molar-refractivity contribution is 9.10. The highest BCUT2D eigenvalue weighted by Gasteiger charge is 2.06. The quantitative estimate of drug-likeness (QED) is 0.860. The van der Waals surface area contributed by atoms with E-state index in [0.29, 0.717) is 5.75 Å². The van der Waals surface area contributed by atoms with Gasteiger partial charge in [0.2, 0.25) is 0 Å². The summed E-state index contributed by atoms with van der Waals surface area (Å²) in [6.45, 7) is 1.32. The predicted molar refractivity (Wildman–Crippen MR) is 65.0 cm³/mol. The Morgan fingerprint density at radius 1 is 1.47 bits per heavy atom. The van der Waals surface area contributed by atoms with Crippen molar-refractivity contribution in [2.45, 2.75) is 6.92 Å². The molecule has 0 aliphatic heterocycles. The fourth-order valence-electron chi connectivity index (χ4n) is 1.09. The Kier molecular flexibility index (Phi) is 4.96. The lowest BCUT2D eigenvalue weighted by Gasteiger charge is -2.08. The Morgan fingerprint density at radius 3 is 2.76 bits per heavy atom. The van der Waals surface area contributed by atoms with Crippen LogP contribution in [0.2, 0.25) is 0 Å². The molecule has 0 fully saturated rings. The minimum atomic E-state index is -1.09. The molecule has 1 rings (SSSR count). The number of carboxylic acids is 1. The fraction of sp³-hybridized carbons (Fsp3) is 0.273. The molecule has 0 atom stereocenters. The van der Waals surface area contributed by atoms with Gasteiger partial charge in [-0.1, -0.05) is 6.07 Å². The number of hydrogen-bond acceptors (Lipinski definition) is 3. The Hall–Kier alpha value is -1.56. The third kappa shape index (κ3) is 4.86. The first-order valence-electron chi connectivity index (χ1n) is 4.86. The van der Waals surface area contributed by atoms with Crippen LogP contribution in [0.1, 0.15) is 5.56 Å². The lowest BCUT2D eigenvalue weighted by atomic mass is 10.2. The second-order valence-electron chi connectivity index (χ2n) is 3.39. The summed E-state index contributed by atoms with van der Waals surface area (Å²) in [5.74, 6) is -1.02. The maximum absolute atomic E-state index is 11.2. The van der Waals surface area contributed by atoms with Crippen LogP contribution in [0, 0.1) is 6.92 Å². The average Bonchev–Trinajstić information content (AvgIpc) is 2.25. The molecule has 5 nitrogen and oxygen atoms in total. The van der Waals surface area contributed by atoms with Crippen molar-refractivity contribution >= 4 is 27.8 Å². The van der Waals surface area contributed by atoms with E-state index in [4.69, 9.17) is 9.84 Å². The lowest BCUT2D eigenvalue weighted by Crippen LogP contribution is -2.33. The van der Waals surface area contributed by atoms with E-state index >= 15 is 0 Å². The van der Waals surface area contributed by atoms with Crippen LogP contribution in [-0.2, 0) is 9.59 Å². The first-order valence-corrected chi connectivity index (χ1v) is 5.66. The maximum Gasteiger partial charge on any atom is 0.322 e.